The lowest BCUT2D eigenvalue weighted by atomic mass is 10.4. The molecule has 2 aliphatic carbocycles. The van der Waals surface area contributed by atoms with Crippen LogP contribution in [0.3, 0.4) is 0 Å². The smallest absolute Gasteiger partial charge is 0.317 e. The van der Waals surface area contributed by atoms with Crippen molar-refractivity contribution < 1.29 is 14.3 Å². The summed E-state index contributed by atoms with van der Waals surface area (Å²) in [5.41, 5.74) is 16.3. The van der Waals surface area contributed by atoms with Gasteiger partial charge in [-0.2, -0.15) is 0 Å². The first-order valence-electron chi connectivity index (χ1n) is 5.01. The quantitative estimate of drug-likeness (QED) is 0.239. The monoisotopic (exact) mass is 236 g/mol. The van der Waals surface area contributed by atoms with Gasteiger partial charge in [-0.05, 0) is 23.9 Å². The molecular weight excluding hydrogens is 228 g/mol. The molecule has 88 valence electrons. The van der Waals surface area contributed by atoms with Gasteiger partial charge in [0.05, 0.1) is 23.9 Å². The fourth-order valence-corrected chi connectivity index (χ4v) is 1.51. The molecule has 2 rings (SSSR count). The molecule has 0 amide bonds. The van der Waals surface area contributed by atoms with Gasteiger partial charge < -0.3 is 4.74 Å². The van der Waals surface area contributed by atoms with E-state index in [1.54, 1.807) is 0 Å². The molecule has 17 heavy (non-hydrogen) atoms. The fraction of sp³-hybridized carbons (Fsp3) is 0.750. The summed E-state index contributed by atoms with van der Waals surface area (Å²) in [6.07, 6.45) is 0.835. The molecule has 0 aliphatic heterocycles. The Morgan fingerprint density at radius 2 is 1.41 bits per heavy atom. The highest BCUT2D eigenvalue weighted by atomic mass is 16.6. The Balaban J connectivity index is 1.79. The highest BCUT2D eigenvalue weighted by Crippen LogP contribution is 2.38. The second-order valence-corrected chi connectivity index (χ2v) is 3.97. The van der Waals surface area contributed by atoms with Crippen molar-refractivity contribution in [2.45, 2.75) is 24.9 Å². The number of carbonyl (C=O) groups excluding carboxylic acids is 2. The highest BCUT2D eigenvalue weighted by molar-refractivity contribution is 5.91. The summed E-state index contributed by atoms with van der Waals surface area (Å²) >= 11 is 0. The number of rotatable bonds is 4. The first-order chi connectivity index (χ1) is 8.17. The summed E-state index contributed by atoms with van der Waals surface area (Å²) < 4.78 is 4.61. The van der Waals surface area contributed by atoms with Crippen molar-refractivity contribution in [1.82, 2.24) is 0 Å². The Kier molecular flexibility index (Phi) is 2.86. The van der Waals surface area contributed by atoms with Crippen molar-refractivity contribution >= 4 is 11.9 Å². The van der Waals surface area contributed by atoms with E-state index in [4.69, 9.17) is 11.1 Å². The van der Waals surface area contributed by atoms with Gasteiger partial charge in [-0.25, -0.2) is 0 Å². The van der Waals surface area contributed by atoms with Gasteiger partial charge in [0, 0.05) is 9.82 Å². The third-order valence-corrected chi connectivity index (χ3v) is 2.72. The van der Waals surface area contributed by atoms with Gasteiger partial charge in [0.15, 0.2) is 0 Å². The van der Waals surface area contributed by atoms with Gasteiger partial charge in [-0.1, -0.05) is 10.2 Å². The highest BCUT2D eigenvalue weighted by Gasteiger charge is 2.48. The predicted octanol–water partition coefficient (Wildman–Crippen LogP) is 1.45. The normalized spacial score (nSPS) is 32.7. The van der Waals surface area contributed by atoms with Crippen LogP contribution in [0.2, 0.25) is 0 Å². The Hall–Kier alpha value is -2.24. The maximum absolute atomic E-state index is 11.4. The molecule has 2 saturated carbocycles. The summed E-state index contributed by atoms with van der Waals surface area (Å²) in [6, 6.07) is -0.792. The second kappa shape index (κ2) is 4.32. The first-order valence-corrected chi connectivity index (χ1v) is 5.01. The lowest BCUT2D eigenvalue weighted by Crippen LogP contribution is -2.17. The molecule has 2 aliphatic rings. The number of carbonyl (C=O) groups is 2. The fourth-order valence-electron chi connectivity index (χ4n) is 1.51. The minimum Gasteiger partial charge on any atom is -0.393 e. The minimum atomic E-state index is -0.668. The summed E-state index contributed by atoms with van der Waals surface area (Å²) in [6.45, 7) is 0. The molecule has 2 fully saturated rings. The van der Waals surface area contributed by atoms with Crippen LogP contribution < -0.4 is 0 Å². The van der Waals surface area contributed by atoms with Crippen molar-refractivity contribution in [3.63, 3.8) is 0 Å². The van der Waals surface area contributed by atoms with Crippen LogP contribution in [-0.2, 0) is 14.3 Å². The zero-order chi connectivity index (χ0) is 12.4. The second-order valence-electron chi connectivity index (χ2n) is 3.97. The standard InChI is InChI=1S/C8H8N6O3/c9-13-11-5-1-3(5)7(15)17-8(16)4-2-6(4)12-14-10/h3-6H,1-2H2. The van der Waals surface area contributed by atoms with E-state index in [9.17, 15) is 9.59 Å². The van der Waals surface area contributed by atoms with E-state index < -0.39 is 35.9 Å². The Morgan fingerprint density at radius 3 is 1.76 bits per heavy atom. The SMILES string of the molecule is [N-]=[N+]=NC1CC1C(=O)OC(=O)C1CC1N=[N+]=[N-]. The molecule has 0 aromatic rings. The van der Waals surface area contributed by atoms with E-state index in [-0.39, 0.29) is 0 Å². The lowest BCUT2D eigenvalue weighted by molar-refractivity contribution is -0.161. The van der Waals surface area contributed by atoms with Crippen molar-refractivity contribution in [3.05, 3.63) is 20.9 Å². The van der Waals surface area contributed by atoms with E-state index in [0.29, 0.717) is 12.8 Å². The molecule has 0 aromatic carbocycles. The van der Waals surface area contributed by atoms with Gasteiger partial charge in [0.25, 0.3) is 0 Å². The van der Waals surface area contributed by atoms with Crippen LogP contribution in [0.5, 0.6) is 0 Å². The van der Waals surface area contributed by atoms with Crippen LogP contribution in [-0.4, -0.2) is 24.0 Å². The number of hydrogen-bond acceptors (Lipinski definition) is 5. The molecule has 0 saturated heterocycles. The van der Waals surface area contributed by atoms with Gasteiger partial charge in [0.2, 0.25) is 0 Å². The molecule has 0 heterocycles. The molecule has 0 N–H and O–H groups in total. The van der Waals surface area contributed by atoms with E-state index in [1.165, 1.54) is 0 Å². The zero-order valence-corrected chi connectivity index (χ0v) is 8.63. The van der Waals surface area contributed by atoms with Gasteiger partial charge in [0.1, 0.15) is 0 Å². The Morgan fingerprint density at radius 1 is 1.00 bits per heavy atom. The van der Waals surface area contributed by atoms with E-state index in [1.807, 2.05) is 0 Å². The van der Waals surface area contributed by atoms with Crippen LogP contribution in [0.15, 0.2) is 10.2 Å². The summed E-state index contributed by atoms with van der Waals surface area (Å²) in [7, 11) is 0. The van der Waals surface area contributed by atoms with Gasteiger partial charge >= 0.3 is 11.9 Å². The van der Waals surface area contributed by atoms with Crippen LogP contribution >= 0.6 is 0 Å². The predicted molar refractivity (Wildman–Crippen MR) is 53.2 cm³/mol. The Labute approximate surface area is 95.0 Å². The zero-order valence-electron chi connectivity index (χ0n) is 8.63. The molecule has 9 nitrogen and oxygen atoms in total. The third kappa shape index (κ3) is 2.47. The first kappa shape index (κ1) is 11.3. The van der Waals surface area contributed by atoms with Crippen molar-refractivity contribution in [2.75, 3.05) is 0 Å². The molecule has 4 unspecified atom stereocenters. The van der Waals surface area contributed by atoms with Gasteiger partial charge in [-0.3, -0.25) is 9.59 Å². The van der Waals surface area contributed by atoms with Crippen molar-refractivity contribution in [3.8, 4) is 0 Å². The topological polar surface area (TPSA) is 141 Å². The van der Waals surface area contributed by atoms with Crippen LogP contribution in [0.1, 0.15) is 12.8 Å². The number of ether oxygens (including phenoxy) is 1. The molecule has 0 spiro atoms. The third-order valence-electron chi connectivity index (χ3n) is 2.72. The van der Waals surface area contributed by atoms with Crippen LogP contribution in [0.4, 0.5) is 0 Å². The van der Waals surface area contributed by atoms with Crippen LogP contribution in [0, 0.1) is 11.8 Å². The molecule has 9 heteroatoms. The Bertz CT molecular complexity index is 422. The number of esters is 2. The van der Waals surface area contributed by atoms with E-state index in [2.05, 4.69) is 24.8 Å². The van der Waals surface area contributed by atoms with E-state index >= 15 is 0 Å². The van der Waals surface area contributed by atoms with Crippen molar-refractivity contribution in [2.24, 2.45) is 22.1 Å². The summed E-state index contributed by atoms with van der Waals surface area (Å²) in [5, 5.41) is 6.71. The average Bonchev–Trinajstić information content (AvgIpc) is 3.13. The number of nitrogens with zero attached hydrogens (tertiary/aromatic N) is 6. The van der Waals surface area contributed by atoms with E-state index in [0.717, 1.165) is 0 Å². The minimum absolute atomic E-state index is 0.396. The molecule has 0 aromatic heterocycles. The molecule has 0 bridgehead atoms. The summed E-state index contributed by atoms with van der Waals surface area (Å²) in [5.74, 6) is -2.35. The average molecular weight is 236 g/mol. The lowest BCUT2D eigenvalue weighted by Gasteiger charge is -1.99. The maximum Gasteiger partial charge on any atom is 0.317 e. The van der Waals surface area contributed by atoms with Crippen molar-refractivity contribution in [1.29, 1.82) is 0 Å². The van der Waals surface area contributed by atoms with Gasteiger partial charge in [-0.15, -0.1) is 0 Å². The molecule has 4 atom stereocenters. The number of azide groups is 2. The maximum atomic E-state index is 11.4. The van der Waals surface area contributed by atoms with Crippen LogP contribution in [0.25, 0.3) is 20.9 Å². The molecule has 0 radical (unpaired) electrons. The molecular formula is C8H8N6O3. The number of hydrogen-bond donors (Lipinski definition) is 0. The summed E-state index contributed by atoms with van der Waals surface area (Å²) in [4.78, 5) is 27.9. The largest absolute Gasteiger partial charge is 0.393 e.